The summed E-state index contributed by atoms with van der Waals surface area (Å²) in [4.78, 5) is 65.2. The van der Waals surface area contributed by atoms with Crippen LogP contribution in [0, 0.1) is 17.8 Å². The van der Waals surface area contributed by atoms with Gasteiger partial charge in [-0.15, -0.1) is 0 Å². The van der Waals surface area contributed by atoms with Crippen LogP contribution in [-0.4, -0.2) is 98.6 Å². The highest BCUT2D eigenvalue weighted by atomic mass is 31.2. The number of ether oxygens (including phenoxy) is 2. The van der Waals surface area contributed by atoms with E-state index < -0.39 is 84.3 Å². The number of rotatable bonds is 34. The summed E-state index contributed by atoms with van der Waals surface area (Å²) in [6, 6.07) is 0. The fourth-order valence-electron chi connectivity index (χ4n) is 6.13. The first kappa shape index (κ1) is 53.2. The predicted octanol–water partition coefficient (Wildman–Crippen LogP) is 6.39. The highest BCUT2D eigenvalue weighted by Gasteiger charge is 2.39. The summed E-state index contributed by atoms with van der Waals surface area (Å²) in [7, 11) is -9.76. The molecule has 2 unspecified atom stereocenters. The number of hydrogen-bond donors (Lipinski definition) is 6. The Morgan fingerprint density at radius 3 is 2.12 bits per heavy atom. The molecule has 0 bridgehead atoms. The average molecular weight is 857 g/mol. The van der Waals surface area contributed by atoms with Crippen LogP contribution in [0.4, 0.5) is 0 Å². The van der Waals surface area contributed by atoms with Crippen molar-refractivity contribution >= 4 is 33.4 Å². The number of carbonyl (C=O) groups is 3. The topological polar surface area (TPSA) is 253 Å². The lowest BCUT2D eigenvalue weighted by atomic mass is 9.90. The van der Waals surface area contributed by atoms with Gasteiger partial charge in [0, 0.05) is 31.1 Å². The maximum absolute atomic E-state index is 12.6. The first-order chi connectivity index (χ1) is 27.0. The second-order valence-corrected chi connectivity index (χ2v) is 17.6. The number of phosphoric acid groups is 2. The summed E-state index contributed by atoms with van der Waals surface area (Å²) in [5, 5.41) is 30.4. The minimum Gasteiger partial charge on any atom is -0.462 e. The van der Waals surface area contributed by atoms with Crippen molar-refractivity contribution in [3.05, 3.63) is 24.3 Å². The Balaban J connectivity index is 2.61. The van der Waals surface area contributed by atoms with Crippen molar-refractivity contribution in [2.45, 2.75) is 161 Å². The summed E-state index contributed by atoms with van der Waals surface area (Å²) in [5.74, 6) is -1.35. The number of carbonyl (C=O) groups excluding carboxylic acids is 3. The number of ketones is 1. The molecule has 18 heteroatoms. The molecule has 0 amide bonds. The Bertz CT molecular complexity index is 1290. The summed E-state index contributed by atoms with van der Waals surface area (Å²) in [6.07, 6.45) is 15.8. The first-order valence-corrected chi connectivity index (χ1v) is 23.6. The van der Waals surface area contributed by atoms with Gasteiger partial charge in [-0.2, -0.15) is 0 Å². The molecule has 0 aromatic carbocycles. The zero-order valence-corrected chi connectivity index (χ0v) is 35.9. The van der Waals surface area contributed by atoms with E-state index in [-0.39, 0.29) is 31.0 Å². The van der Waals surface area contributed by atoms with Gasteiger partial charge in [0.15, 0.2) is 6.10 Å². The van der Waals surface area contributed by atoms with Crippen LogP contribution in [0.5, 0.6) is 0 Å². The molecular formula is C39H70O16P2. The molecule has 0 saturated heterocycles. The van der Waals surface area contributed by atoms with Gasteiger partial charge in [0.2, 0.25) is 0 Å². The first-order valence-electron chi connectivity index (χ1n) is 20.5. The number of aliphatic hydroxyl groups excluding tert-OH is 3. The third-order valence-electron chi connectivity index (χ3n) is 9.74. The van der Waals surface area contributed by atoms with Gasteiger partial charge < -0.3 is 39.5 Å². The Labute approximate surface area is 338 Å². The molecule has 0 aromatic heterocycles. The second kappa shape index (κ2) is 30.3. The maximum atomic E-state index is 12.6. The van der Waals surface area contributed by atoms with Crippen molar-refractivity contribution in [3.8, 4) is 0 Å². The van der Waals surface area contributed by atoms with Gasteiger partial charge in [-0.05, 0) is 38.0 Å². The van der Waals surface area contributed by atoms with E-state index >= 15 is 0 Å². The van der Waals surface area contributed by atoms with Gasteiger partial charge >= 0.3 is 27.6 Å². The van der Waals surface area contributed by atoms with E-state index in [1.807, 2.05) is 12.2 Å². The van der Waals surface area contributed by atoms with Gasteiger partial charge in [0.1, 0.15) is 18.5 Å². The highest BCUT2D eigenvalue weighted by Crippen LogP contribution is 2.44. The van der Waals surface area contributed by atoms with Crippen LogP contribution < -0.4 is 0 Å². The van der Waals surface area contributed by atoms with Gasteiger partial charge in [-0.1, -0.05) is 109 Å². The van der Waals surface area contributed by atoms with Crippen LogP contribution in [-0.2, 0) is 46.6 Å². The van der Waals surface area contributed by atoms with Crippen molar-refractivity contribution in [2.24, 2.45) is 17.8 Å². The second-order valence-electron chi connectivity index (χ2n) is 14.9. The molecule has 6 N–H and O–H groups in total. The van der Waals surface area contributed by atoms with Crippen LogP contribution in [0.2, 0.25) is 0 Å². The lowest BCUT2D eigenvalue weighted by Gasteiger charge is -2.20. The summed E-state index contributed by atoms with van der Waals surface area (Å²) in [6.45, 7) is 3.56. The third kappa shape index (κ3) is 27.6. The Kier molecular flexibility index (Phi) is 28.2. The van der Waals surface area contributed by atoms with E-state index in [4.69, 9.17) is 23.8 Å². The fourth-order valence-corrected chi connectivity index (χ4v) is 7.28. The smallest absolute Gasteiger partial charge is 0.462 e. The molecule has 1 rings (SSSR count). The molecule has 8 atom stereocenters. The van der Waals surface area contributed by atoms with Crippen LogP contribution in [0.1, 0.15) is 136 Å². The molecule has 0 aliphatic heterocycles. The minimum absolute atomic E-state index is 0.00174. The molecule has 1 saturated carbocycles. The lowest BCUT2D eigenvalue weighted by molar-refractivity contribution is -0.161. The Morgan fingerprint density at radius 2 is 1.44 bits per heavy atom. The molecule has 0 aromatic rings. The fraction of sp³-hybridized carbons (Fsp3) is 0.821. The molecule has 57 heavy (non-hydrogen) atoms. The zero-order valence-electron chi connectivity index (χ0n) is 34.1. The SMILES string of the molecule is CCCCC[C@H](O)/C=C/[C@H]1[C@H](O)CC(=O)[C@@H]1C/C=C\CCCC(=O)OC[C@H](COP(=O)(O)OC[C@@H](O)COP(=O)(O)O)OC(=O)CCCCCCCCC(C)CC. The molecule has 0 radical (unpaired) electrons. The summed E-state index contributed by atoms with van der Waals surface area (Å²) in [5.41, 5.74) is 0. The monoisotopic (exact) mass is 856 g/mol. The van der Waals surface area contributed by atoms with E-state index in [2.05, 4.69) is 29.8 Å². The van der Waals surface area contributed by atoms with E-state index in [0.717, 1.165) is 44.9 Å². The molecule has 1 aliphatic rings. The maximum Gasteiger partial charge on any atom is 0.472 e. The largest absolute Gasteiger partial charge is 0.472 e. The Morgan fingerprint density at radius 1 is 0.807 bits per heavy atom. The molecular weight excluding hydrogens is 786 g/mol. The summed E-state index contributed by atoms with van der Waals surface area (Å²) >= 11 is 0. The summed E-state index contributed by atoms with van der Waals surface area (Å²) < 4.78 is 47.6. The number of allylic oxidation sites excluding steroid dienone is 2. The molecule has 332 valence electrons. The van der Waals surface area contributed by atoms with Gasteiger partial charge in [-0.25, -0.2) is 9.13 Å². The van der Waals surface area contributed by atoms with Gasteiger partial charge in [0.25, 0.3) is 0 Å². The average Bonchev–Trinajstić information content (AvgIpc) is 3.42. The van der Waals surface area contributed by atoms with Crippen molar-refractivity contribution in [2.75, 3.05) is 26.4 Å². The quantitative estimate of drug-likeness (QED) is 0.0177. The van der Waals surface area contributed by atoms with Crippen molar-refractivity contribution in [1.82, 2.24) is 0 Å². The molecule has 16 nitrogen and oxygen atoms in total. The highest BCUT2D eigenvalue weighted by molar-refractivity contribution is 7.47. The Hall–Kier alpha value is -1.81. The van der Waals surface area contributed by atoms with E-state index in [9.17, 15) is 43.7 Å². The van der Waals surface area contributed by atoms with E-state index in [1.165, 1.54) is 19.3 Å². The molecule has 0 heterocycles. The number of Topliss-reactive ketones (excluding diaryl/α,β-unsaturated/α-hetero) is 1. The van der Waals surface area contributed by atoms with Crippen molar-refractivity contribution < 1.29 is 76.6 Å². The molecule has 0 spiro atoms. The standard InChI is InChI=1S/C39H70O16P2/c1-4-6-13-19-31(40)23-24-35-34(36(42)25-37(35)43)20-15-11-12-16-21-38(44)51-28-33(29-54-57(49,50)53-27-32(41)26-52-56(46,47)48)55-39(45)22-17-10-8-7-9-14-18-30(3)5-2/h11,15,23-24,30-35,37,40-41,43H,4-10,12-14,16-22,25-29H2,1-3H3,(H,49,50)(H2,46,47,48)/b15-11-,24-23+/t30?,31-,32-,33+,34+,35+,37+/m0/s1. The van der Waals surface area contributed by atoms with E-state index in [1.54, 1.807) is 12.2 Å². The molecule has 1 fully saturated rings. The van der Waals surface area contributed by atoms with Gasteiger partial charge in [0.05, 0.1) is 32.0 Å². The number of esters is 2. The lowest BCUT2D eigenvalue weighted by Crippen LogP contribution is -2.30. The minimum atomic E-state index is -4.89. The number of phosphoric ester groups is 2. The van der Waals surface area contributed by atoms with Crippen LogP contribution in [0.25, 0.3) is 0 Å². The van der Waals surface area contributed by atoms with Gasteiger partial charge in [-0.3, -0.25) is 28.0 Å². The normalized spacial score (nSPS) is 20.8. The zero-order chi connectivity index (χ0) is 42.7. The van der Waals surface area contributed by atoms with Crippen LogP contribution >= 0.6 is 15.6 Å². The number of hydrogen-bond acceptors (Lipinski definition) is 13. The van der Waals surface area contributed by atoms with Crippen molar-refractivity contribution in [3.63, 3.8) is 0 Å². The van der Waals surface area contributed by atoms with Crippen LogP contribution in [0.3, 0.4) is 0 Å². The molecule has 1 aliphatic carbocycles. The van der Waals surface area contributed by atoms with E-state index in [0.29, 0.717) is 38.0 Å². The van der Waals surface area contributed by atoms with Crippen molar-refractivity contribution in [1.29, 1.82) is 0 Å². The number of unbranched alkanes of at least 4 members (excludes halogenated alkanes) is 8. The third-order valence-corrected chi connectivity index (χ3v) is 11.2. The predicted molar refractivity (Wildman–Crippen MR) is 212 cm³/mol. The number of aliphatic hydroxyl groups is 3. The van der Waals surface area contributed by atoms with Crippen LogP contribution in [0.15, 0.2) is 24.3 Å².